The van der Waals surface area contributed by atoms with Crippen LogP contribution in [0, 0.1) is 5.82 Å². The zero-order valence-electron chi connectivity index (χ0n) is 8.23. The molecule has 0 unspecified atom stereocenters. The molecule has 0 N–H and O–H groups in total. The normalized spacial score (nSPS) is 10.4. The summed E-state index contributed by atoms with van der Waals surface area (Å²) < 4.78 is 14.7. The second kappa shape index (κ2) is 4.57. The van der Waals surface area contributed by atoms with E-state index in [9.17, 15) is 9.18 Å². The lowest BCUT2D eigenvalue weighted by atomic mass is 10.2. The third-order valence-electron chi connectivity index (χ3n) is 2.09. The maximum atomic E-state index is 12.9. The van der Waals surface area contributed by atoms with Crippen LogP contribution in [0.4, 0.5) is 4.39 Å². The van der Waals surface area contributed by atoms with E-state index in [0.717, 1.165) is 0 Å². The molecule has 0 fully saturated rings. The summed E-state index contributed by atoms with van der Waals surface area (Å²) in [5.41, 5.74) is 0.472. The Morgan fingerprint density at radius 1 is 1.38 bits per heavy atom. The number of nitrogens with zero attached hydrogens (tertiary/aromatic N) is 2. The Kier molecular flexibility index (Phi) is 3.14. The average molecular weight is 283 g/mol. The molecule has 0 bridgehead atoms. The third kappa shape index (κ3) is 2.36. The molecule has 0 aliphatic carbocycles. The van der Waals surface area contributed by atoms with Gasteiger partial charge in [0.05, 0.1) is 11.0 Å². The van der Waals surface area contributed by atoms with Crippen molar-refractivity contribution in [1.29, 1.82) is 0 Å². The molecule has 82 valence electrons. The summed E-state index contributed by atoms with van der Waals surface area (Å²) in [6, 6.07) is 7.67. The van der Waals surface area contributed by atoms with Gasteiger partial charge < -0.3 is 0 Å². The third-order valence-corrected chi connectivity index (χ3v) is 2.69. The highest BCUT2D eigenvalue weighted by Gasteiger charge is 2.02. The van der Waals surface area contributed by atoms with Gasteiger partial charge in [-0.05, 0) is 39.7 Å². The van der Waals surface area contributed by atoms with E-state index in [1.54, 1.807) is 18.2 Å². The molecule has 0 saturated carbocycles. The minimum Gasteiger partial charge on any atom is -0.266 e. The van der Waals surface area contributed by atoms with E-state index in [4.69, 9.17) is 0 Å². The van der Waals surface area contributed by atoms with E-state index in [1.165, 1.54) is 23.0 Å². The zero-order valence-corrected chi connectivity index (χ0v) is 9.82. The van der Waals surface area contributed by atoms with Gasteiger partial charge in [-0.2, -0.15) is 5.10 Å². The summed E-state index contributed by atoms with van der Waals surface area (Å²) >= 11 is 3.13. The van der Waals surface area contributed by atoms with Crippen molar-refractivity contribution in [2.75, 3.05) is 0 Å². The molecule has 0 amide bonds. The van der Waals surface area contributed by atoms with E-state index in [1.807, 2.05) is 0 Å². The van der Waals surface area contributed by atoms with Crippen LogP contribution in [-0.2, 0) is 6.54 Å². The minimum absolute atomic E-state index is 0.230. The van der Waals surface area contributed by atoms with Gasteiger partial charge in [0, 0.05) is 6.20 Å². The molecule has 0 radical (unpaired) electrons. The molecule has 0 atom stereocenters. The fourth-order valence-electron chi connectivity index (χ4n) is 1.35. The first kappa shape index (κ1) is 11.0. The fraction of sp³-hybridized carbons (Fsp3) is 0.0909. The molecule has 0 aliphatic rings. The molecular weight excluding hydrogens is 275 g/mol. The first-order valence-corrected chi connectivity index (χ1v) is 5.42. The largest absolute Gasteiger partial charge is 0.281 e. The number of benzene rings is 1. The van der Waals surface area contributed by atoms with E-state index in [0.29, 0.717) is 10.0 Å². The van der Waals surface area contributed by atoms with E-state index in [2.05, 4.69) is 21.0 Å². The predicted octanol–water partition coefficient (Wildman–Crippen LogP) is 2.19. The van der Waals surface area contributed by atoms with Crippen LogP contribution >= 0.6 is 15.9 Å². The lowest BCUT2D eigenvalue weighted by Gasteiger charge is -2.04. The monoisotopic (exact) mass is 282 g/mol. The lowest BCUT2D eigenvalue weighted by Crippen LogP contribution is -2.23. The number of hydrogen-bond donors (Lipinski definition) is 0. The van der Waals surface area contributed by atoms with Crippen LogP contribution in [0.3, 0.4) is 0 Å². The van der Waals surface area contributed by atoms with Crippen molar-refractivity contribution in [3.05, 3.63) is 62.7 Å². The molecule has 0 aliphatic heterocycles. The van der Waals surface area contributed by atoms with E-state index in [-0.39, 0.29) is 17.9 Å². The number of halogens is 2. The fourth-order valence-corrected chi connectivity index (χ4v) is 1.67. The highest BCUT2D eigenvalue weighted by Crippen LogP contribution is 2.05. The van der Waals surface area contributed by atoms with Gasteiger partial charge >= 0.3 is 0 Å². The van der Waals surface area contributed by atoms with Crippen LogP contribution in [-0.4, -0.2) is 9.78 Å². The molecule has 2 aromatic rings. The minimum atomic E-state index is -0.319. The Morgan fingerprint density at radius 2 is 2.19 bits per heavy atom. The first-order valence-electron chi connectivity index (χ1n) is 4.63. The van der Waals surface area contributed by atoms with Gasteiger partial charge in [0.25, 0.3) is 5.56 Å². The van der Waals surface area contributed by atoms with Crippen molar-refractivity contribution >= 4 is 15.9 Å². The van der Waals surface area contributed by atoms with Gasteiger partial charge in [-0.15, -0.1) is 0 Å². The smallest absolute Gasteiger partial charge is 0.266 e. The van der Waals surface area contributed by atoms with Crippen molar-refractivity contribution in [3.63, 3.8) is 0 Å². The van der Waals surface area contributed by atoms with Gasteiger partial charge in [0.2, 0.25) is 0 Å². The SMILES string of the molecule is O=c1c(Br)ccnn1Cc1cccc(F)c1. The molecule has 5 heteroatoms. The molecule has 1 aromatic carbocycles. The highest BCUT2D eigenvalue weighted by atomic mass is 79.9. The Labute approximate surface area is 99.7 Å². The second-order valence-electron chi connectivity index (χ2n) is 3.27. The number of hydrogen-bond acceptors (Lipinski definition) is 2. The van der Waals surface area contributed by atoms with E-state index >= 15 is 0 Å². The summed E-state index contributed by atoms with van der Waals surface area (Å²) in [5, 5.41) is 3.92. The van der Waals surface area contributed by atoms with Crippen molar-refractivity contribution in [1.82, 2.24) is 9.78 Å². The van der Waals surface area contributed by atoms with E-state index < -0.39 is 0 Å². The van der Waals surface area contributed by atoms with Crippen LogP contribution in [0.5, 0.6) is 0 Å². The second-order valence-corrected chi connectivity index (χ2v) is 4.13. The zero-order chi connectivity index (χ0) is 11.5. The molecule has 2 rings (SSSR count). The Balaban J connectivity index is 2.34. The summed E-state index contributed by atoms with van der Waals surface area (Å²) in [6.07, 6.45) is 1.52. The predicted molar refractivity (Wildman–Crippen MR) is 61.7 cm³/mol. The van der Waals surface area contributed by atoms with Crippen molar-refractivity contribution in [3.8, 4) is 0 Å². The molecule has 1 heterocycles. The van der Waals surface area contributed by atoms with Gasteiger partial charge in [-0.3, -0.25) is 4.79 Å². The van der Waals surface area contributed by atoms with Gasteiger partial charge in [0.15, 0.2) is 0 Å². The molecule has 3 nitrogen and oxygen atoms in total. The Bertz CT molecular complexity index is 568. The molecule has 0 saturated heterocycles. The van der Waals surface area contributed by atoms with Crippen LogP contribution in [0.25, 0.3) is 0 Å². The summed E-state index contributed by atoms with van der Waals surface area (Å²) in [7, 11) is 0. The van der Waals surface area contributed by atoms with Crippen LogP contribution < -0.4 is 5.56 Å². The molecule has 16 heavy (non-hydrogen) atoms. The van der Waals surface area contributed by atoms with Crippen LogP contribution in [0.2, 0.25) is 0 Å². The summed E-state index contributed by atoms with van der Waals surface area (Å²) in [5.74, 6) is -0.319. The number of rotatable bonds is 2. The number of aromatic nitrogens is 2. The Hall–Kier alpha value is -1.49. The maximum absolute atomic E-state index is 12.9. The van der Waals surface area contributed by atoms with Crippen molar-refractivity contribution in [2.45, 2.75) is 6.54 Å². The quantitative estimate of drug-likeness (QED) is 0.846. The van der Waals surface area contributed by atoms with Crippen LogP contribution in [0.15, 0.2) is 45.8 Å². The molecule has 1 aromatic heterocycles. The van der Waals surface area contributed by atoms with Gasteiger partial charge in [-0.1, -0.05) is 12.1 Å². The van der Waals surface area contributed by atoms with Gasteiger partial charge in [0.1, 0.15) is 5.82 Å². The average Bonchev–Trinajstić information content (AvgIpc) is 2.25. The molecule has 0 spiro atoms. The first-order chi connectivity index (χ1) is 7.66. The Morgan fingerprint density at radius 3 is 2.94 bits per heavy atom. The molecular formula is C11H8BrFN2O. The van der Waals surface area contributed by atoms with Gasteiger partial charge in [-0.25, -0.2) is 9.07 Å². The maximum Gasteiger partial charge on any atom is 0.281 e. The summed E-state index contributed by atoms with van der Waals surface area (Å²) in [4.78, 5) is 11.6. The highest BCUT2D eigenvalue weighted by molar-refractivity contribution is 9.10. The van der Waals surface area contributed by atoms with Crippen molar-refractivity contribution in [2.24, 2.45) is 0 Å². The standard InChI is InChI=1S/C11H8BrFN2O/c12-10-4-5-14-15(11(10)16)7-8-2-1-3-9(13)6-8/h1-6H,7H2. The lowest BCUT2D eigenvalue weighted by molar-refractivity contribution is 0.609. The van der Waals surface area contributed by atoms with Crippen molar-refractivity contribution < 1.29 is 4.39 Å². The summed E-state index contributed by atoms with van der Waals surface area (Å²) in [6.45, 7) is 0.260. The topological polar surface area (TPSA) is 34.9 Å². The van der Waals surface area contributed by atoms with Crippen LogP contribution in [0.1, 0.15) is 5.56 Å².